The van der Waals surface area contributed by atoms with Crippen LogP contribution in [-0.2, 0) is 16.1 Å². The van der Waals surface area contributed by atoms with Crippen LogP contribution in [0.3, 0.4) is 0 Å². The van der Waals surface area contributed by atoms with Crippen LogP contribution in [0, 0.1) is 6.92 Å². The highest BCUT2D eigenvalue weighted by Crippen LogP contribution is 2.24. The number of aromatic nitrogens is 1. The first-order chi connectivity index (χ1) is 14.0. The molecule has 1 heterocycles. The summed E-state index contributed by atoms with van der Waals surface area (Å²) in [5, 5.41) is 2.96. The number of esters is 1. The molecule has 0 saturated carbocycles. The fraction of sp³-hybridized carbons (Fsp3) is 0.182. The molecule has 7 heteroatoms. The number of rotatable bonds is 8. The van der Waals surface area contributed by atoms with Gasteiger partial charge in [0.15, 0.2) is 10.9 Å². The van der Waals surface area contributed by atoms with Gasteiger partial charge < -0.3 is 10.1 Å². The smallest absolute Gasteiger partial charge is 0.350 e. The minimum atomic E-state index is -0.483. The second-order valence-corrected chi connectivity index (χ2v) is 7.33. The van der Waals surface area contributed by atoms with Gasteiger partial charge in [-0.3, -0.25) is 9.59 Å². The van der Waals surface area contributed by atoms with Crippen LogP contribution in [-0.4, -0.2) is 22.6 Å². The molecular weight excluding hydrogens is 388 g/mol. The standard InChI is InChI=1S/C22H20N2O4S/c1-15-20(21(27)28-14-16-8-4-2-5-9-16)29-22(23-15)24-19(26)13-12-18(25)17-10-6-3-7-11-17/h2-11H,12-14H2,1H3,(H,23,24,26). The average Bonchev–Trinajstić information content (AvgIpc) is 3.11. The summed E-state index contributed by atoms with van der Waals surface area (Å²) < 4.78 is 5.32. The second-order valence-electron chi connectivity index (χ2n) is 6.33. The molecule has 6 nitrogen and oxygen atoms in total. The van der Waals surface area contributed by atoms with E-state index in [1.807, 2.05) is 36.4 Å². The fourth-order valence-electron chi connectivity index (χ4n) is 2.61. The number of ketones is 1. The van der Waals surface area contributed by atoms with Crippen molar-refractivity contribution < 1.29 is 19.1 Å². The van der Waals surface area contributed by atoms with Crippen LogP contribution in [0.2, 0.25) is 0 Å². The molecule has 0 radical (unpaired) electrons. The number of carbonyl (C=O) groups is 3. The Morgan fingerprint density at radius 2 is 1.62 bits per heavy atom. The zero-order valence-electron chi connectivity index (χ0n) is 15.9. The number of hydrogen-bond acceptors (Lipinski definition) is 6. The van der Waals surface area contributed by atoms with Gasteiger partial charge in [-0.15, -0.1) is 0 Å². The number of amides is 1. The summed E-state index contributed by atoms with van der Waals surface area (Å²) in [6, 6.07) is 18.2. The van der Waals surface area contributed by atoms with Gasteiger partial charge in [0.1, 0.15) is 11.5 Å². The summed E-state index contributed by atoms with van der Waals surface area (Å²) in [7, 11) is 0. The van der Waals surface area contributed by atoms with Crippen LogP contribution >= 0.6 is 11.3 Å². The first-order valence-corrected chi connectivity index (χ1v) is 9.91. The molecule has 0 bridgehead atoms. The van der Waals surface area contributed by atoms with E-state index in [9.17, 15) is 14.4 Å². The van der Waals surface area contributed by atoms with Crippen LogP contribution in [0.25, 0.3) is 0 Å². The number of thiazole rings is 1. The molecule has 3 aromatic rings. The highest BCUT2D eigenvalue weighted by Gasteiger charge is 2.18. The van der Waals surface area contributed by atoms with Crippen molar-refractivity contribution in [3.8, 4) is 0 Å². The maximum absolute atomic E-state index is 12.3. The average molecular weight is 408 g/mol. The van der Waals surface area contributed by atoms with E-state index in [4.69, 9.17) is 4.74 Å². The van der Waals surface area contributed by atoms with Gasteiger partial charge in [-0.25, -0.2) is 9.78 Å². The zero-order valence-corrected chi connectivity index (χ0v) is 16.7. The summed E-state index contributed by atoms with van der Waals surface area (Å²) in [5.74, 6) is -0.905. The largest absolute Gasteiger partial charge is 0.457 e. The number of ether oxygens (including phenoxy) is 1. The molecule has 0 aliphatic heterocycles. The van der Waals surface area contributed by atoms with E-state index >= 15 is 0 Å². The van der Waals surface area contributed by atoms with Crippen molar-refractivity contribution in [1.29, 1.82) is 0 Å². The minimum absolute atomic E-state index is 0.0418. The fourth-order valence-corrected chi connectivity index (χ4v) is 3.48. The van der Waals surface area contributed by atoms with E-state index < -0.39 is 5.97 Å². The number of carbonyl (C=O) groups excluding carboxylic acids is 3. The zero-order chi connectivity index (χ0) is 20.6. The van der Waals surface area contributed by atoms with Gasteiger partial charge >= 0.3 is 5.97 Å². The molecule has 1 aromatic heterocycles. The normalized spacial score (nSPS) is 10.4. The highest BCUT2D eigenvalue weighted by atomic mass is 32.1. The Morgan fingerprint density at radius 1 is 0.966 bits per heavy atom. The lowest BCUT2D eigenvalue weighted by molar-refractivity contribution is -0.116. The van der Waals surface area contributed by atoms with Crippen molar-refractivity contribution in [2.45, 2.75) is 26.4 Å². The first-order valence-electron chi connectivity index (χ1n) is 9.09. The van der Waals surface area contributed by atoms with Crippen LogP contribution in [0.4, 0.5) is 5.13 Å². The topological polar surface area (TPSA) is 85.4 Å². The van der Waals surface area contributed by atoms with E-state index in [2.05, 4.69) is 10.3 Å². The summed E-state index contributed by atoms with van der Waals surface area (Å²) in [6.07, 6.45) is 0.145. The summed E-state index contributed by atoms with van der Waals surface area (Å²) in [5.41, 5.74) is 1.96. The van der Waals surface area contributed by atoms with Crippen LogP contribution in [0.15, 0.2) is 60.7 Å². The second kappa shape index (κ2) is 9.75. The molecule has 0 spiro atoms. The van der Waals surface area contributed by atoms with Crippen LogP contribution in [0.5, 0.6) is 0 Å². The first kappa shape index (κ1) is 20.4. The molecule has 0 atom stereocenters. The quantitative estimate of drug-likeness (QED) is 0.441. The van der Waals surface area contributed by atoms with Crippen LogP contribution in [0.1, 0.15) is 44.1 Å². The lowest BCUT2D eigenvalue weighted by Gasteiger charge is -2.03. The number of nitrogens with one attached hydrogen (secondary N) is 1. The van der Waals surface area contributed by atoms with E-state index in [-0.39, 0.29) is 31.1 Å². The van der Waals surface area contributed by atoms with Gasteiger partial charge in [0.05, 0.1) is 5.69 Å². The summed E-state index contributed by atoms with van der Waals surface area (Å²) >= 11 is 1.06. The molecular formula is C22H20N2O4S. The van der Waals surface area contributed by atoms with Gasteiger partial charge in [0.25, 0.3) is 0 Å². The molecule has 29 heavy (non-hydrogen) atoms. The molecule has 0 fully saturated rings. The highest BCUT2D eigenvalue weighted by molar-refractivity contribution is 7.17. The predicted molar refractivity (Wildman–Crippen MR) is 111 cm³/mol. The number of anilines is 1. The van der Waals surface area contributed by atoms with Crippen molar-refractivity contribution in [1.82, 2.24) is 4.98 Å². The Kier molecular flexibility index (Phi) is 6.86. The Balaban J connectivity index is 1.52. The monoisotopic (exact) mass is 408 g/mol. The number of nitrogens with zero attached hydrogens (tertiary/aromatic N) is 1. The summed E-state index contributed by atoms with van der Waals surface area (Å²) in [6.45, 7) is 1.85. The Morgan fingerprint density at radius 3 is 2.31 bits per heavy atom. The lowest BCUT2D eigenvalue weighted by Crippen LogP contribution is -2.13. The van der Waals surface area contributed by atoms with Gasteiger partial charge in [0, 0.05) is 18.4 Å². The number of benzene rings is 2. The molecule has 148 valence electrons. The maximum Gasteiger partial charge on any atom is 0.350 e. The van der Waals surface area contributed by atoms with Crippen molar-refractivity contribution in [3.05, 3.63) is 82.4 Å². The maximum atomic E-state index is 12.3. The van der Waals surface area contributed by atoms with Gasteiger partial charge in [0.2, 0.25) is 5.91 Å². The number of aryl methyl sites for hydroxylation is 1. The summed E-state index contributed by atoms with van der Waals surface area (Å²) in [4.78, 5) is 41.1. The van der Waals surface area contributed by atoms with E-state index in [1.165, 1.54) is 0 Å². The third-order valence-electron chi connectivity index (χ3n) is 4.12. The minimum Gasteiger partial charge on any atom is -0.457 e. The van der Waals surface area contributed by atoms with E-state index in [0.717, 1.165) is 16.9 Å². The Hall–Kier alpha value is -3.32. The van der Waals surface area contributed by atoms with Crippen molar-refractivity contribution in [3.63, 3.8) is 0 Å². The molecule has 0 aliphatic rings. The van der Waals surface area contributed by atoms with E-state index in [1.54, 1.807) is 31.2 Å². The number of hydrogen-bond donors (Lipinski definition) is 1. The Bertz CT molecular complexity index is 1000. The molecule has 0 saturated heterocycles. The van der Waals surface area contributed by atoms with Crippen molar-refractivity contribution in [2.75, 3.05) is 5.32 Å². The molecule has 1 amide bonds. The van der Waals surface area contributed by atoms with Gasteiger partial charge in [-0.2, -0.15) is 0 Å². The van der Waals surface area contributed by atoms with E-state index in [0.29, 0.717) is 21.3 Å². The lowest BCUT2D eigenvalue weighted by atomic mass is 10.1. The molecule has 2 aromatic carbocycles. The third-order valence-corrected chi connectivity index (χ3v) is 5.17. The van der Waals surface area contributed by atoms with Crippen LogP contribution < -0.4 is 5.32 Å². The molecule has 1 N–H and O–H groups in total. The SMILES string of the molecule is Cc1nc(NC(=O)CCC(=O)c2ccccc2)sc1C(=O)OCc1ccccc1. The van der Waals surface area contributed by atoms with Gasteiger partial charge in [-0.1, -0.05) is 72.0 Å². The number of Topliss-reactive ketones (excluding diaryl/α,β-unsaturated/α-hetero) is 1. The third kappa shape index (κ3) is 5.83. The molecule has 0 unspecified atom stereocenters. The Labute approximate surface area is 172 Å². The molecule has 0 aliphatic carbocycles. The molecule has 3 rings (SSSR count). The predicted octanol–water partition coefficient (Wildman–Crippen LogP) is 4.41. The van der Waals surface area contributed by atoms with Crippen molar-refractivity contribution >= 4 is 34.1 Å². The van der Waals surface area contributed by atoms with Gasteiger partial charge in [-0.05, 0) is 12.5 Å². The van der Waals surface area contributed by atoms with Crippen molar-refractivity contribution in [2.24, 2.45) is 0 Å².